The second-order valence-corrected chi connectivity index (χ2v) is 5.62. The number of thioether (sulfide) groups is 1. The number of allylic oxidation sites excluding steroid dienone is 2. The van der Waals surface area contributed by atoms with E-state index in [1.807, 2.05) is 0 Å². The van der Waals surface area contributed by atoms with Crippen LogP contribution >= 0.6 is 11.8 Å². The maximum atomic E-state index is 12.7. The summed E-state index contributed by atoms with van der Waals surface area (Å²) < 4.78 is 18.0. The molecule has 0 saturated heterocycles. The standard InChI is InChI=1S/C15H17FO2S/c16-13-6-8-14(9-7-13)19-11-15(17)18-10-12-4-2-1-3-5-12/h1-2,6-9,12H,3-5,10-11H2. The Bertz CT molecular complexity index is 442. The Kier molecular flexibility index (Phi) is 5.45. The highest BCUT2D eigenvalue weighted by atomic mass is 32.2. The van der Waals surface area contributed by atoms with Crippen molar-refractivity contribution in [2.75, 3.05) is 12.4 Å². The molecule has 2 nitrogen and oxygen atoms in total. The molecule has 1 aromatic carbocycles. The predicted molar refractivity (Wildman–Crippen MR) is 74.6 cm³/mol. The molecule has 1 atom stereocenters. The smallest absolute Gasteiger partial charge is 0.316 e. The Labute approximate surface area is 117 Å². The van der Waals surface area contributed by atoms with E-state index in [4.69, 9.17) is 4.74 Å². The lowest BCUT2D eigenvalue weighted by Gasteiger charge is -2.17. The molecular weight excluding hydrogens is 263 g/mol. The van der Waals surface area contributed by atoms with E-state index in [1.54, 1.807) is 12.1 Å². The largest absolute Gasteiger partial charge is 0.465 e. The van der Waals surface area contributed by atoms with Crippen molar-refractivity contribution in [2.45, 2.75) is 24.2 Å². The molecule has 1 aliphatic carbocycles. The highest BCUT2D eigenvalue weighted by molar-refractivity contribution is 8.00. The van der Waals surface area contributed by atoms with Gasteiger partial charge in [-0.3, -0.25) is 4.79 Å². The summed E-state index contributed by atoms with van der Waals surface area (Å²) in [6.07, 6.45) is 7.48. The van der Waals surface area contributed by atoms with Gasteiger partial charge in [-0.25, -0.2) is 4.39 Å². The van der Waals surface area contributed by atoms with Crippen LogP contribution in [0.5, 0.6) is 0 Å². The summed E-state index contributed by atoms with van der Waals surface area (Å²) in [7, 11) is 0. The number of hydrogen-bond donors (Lipinski definition) is 0. The molecule has 0 spiro atoms. The third-order valence-electron chi connectivity index (χ3n) is 3.03. The minimum atomic E-state index is -0.266. The van der Waals surface area contributed by atoms with Gasteiger partial charge >= 0.3 is 5.97 Å². The van der Waals surface area contributed by atoms with Gasteiger partial charge in [-0.1, -0.05) is 12.2 Å². The summed E-state index contributed by atoms with van der Waals surface area (Å²) >= 11 is 1.37. The van der Waals surface area contributed by atoms with Gasteiger partial charge < -0.3 is 4.74 Å². The second-order valence-electron chi connectivity index (χ2n) is 4.58. The van der Waals surface area contributed by atoms with E-state index >= 15 is 0 Å². The van der Waals surface area contributed by atoms with Crippen LogP contribution in [0, 0.1) is 11.7 Å². The number of carbonyl (C=O) groups is 1. The Morgan fingerprint density at radius 1 is 1.32 bits per heavy atom. The third kappa shape index (κ3) is 5.07. The molecule has 0 aliphatic heterocycles. The average Bonchev–Trinajstić information content (AvgIpc) is 2.45. The molecular formula is C15H17FO2S. The molecule has 0 amide bonds. The molecule has 0 N–H and O–H groups in total. The van der Waals surface area contributed by atoms with Crippen LogP contribution in [0.25, 0.3) is 0 Å². The van der Waals surface area contributed by atoms with Crippen molar-refractivity contribution in [3.05, 3.63) is 42.2 Å². The molecule has 1 aromatic rings. The highest BCUT2D eigenvalue weighted by Crippen LogP contribution is 2.20. The van der Waals surface area contributed by atoms with Crippen LogP contribution < -0.4 is 0 Å². The highest BCUT2D eigenvalue weighted by Gasteiger charge is 2.12. The van der Waals surface area contributed by atoms with Crippen LogP contribution in [0.1, 0.15) is 19.3 Å². The van der Waals surface area contributed by atoms with Gasteiger partial charge in [0.1, 0.15) is 5.82 Å². The molecule has 0 heterocycles. The Balaban J connectivity index is 1.66. The SMILES string of the molecule is O=C(CSc1ccc(F)cc1)OCC1CC=CCC1. The van der Waals surface area contributed by atoms with Gasteiger partial charge in [0.15, 0.2) is 0 Å². The molecule has 0 aromatic heterocycles. The molecule has 1 unspecified atom stereocenters. The zero-order chi connectivity index (χ0) is 13.5. The summed E-state index contributed by atoms with van der Waals surface area (Å²) in [6, 6.07) is 6.11. The maximum Gasteiger partial charge on any atom is 0.316 e. The number of halogens is 1. The summed E-state index contributed by atoms with van der Waals surface area (Å²) in [5.41, 5.74) is 0. The molecule has 102 valence electrons. The molecule has 0 bridgehead atoms. The van der Waals surface area contributed by atoms with Crippen molar-refractivity contribution in [2.24, 2.45) is 5.92 Å². The van der Waals surface area contributed by atoms with Crippen molar-refractivity contribution >= 4 is 17.7 Å². The van der Waals surface area contributed by atoms with Gasteiger partial charge in [-0.05, 0) is 49.4 Å². The number of ether oxygens (including phenoxy) is 1. The van der Waals surface area contributed by atoms with E-state index in [0.717, 1.165) is 24.2 Å². The fraction of sp³-hybridized carbons (Fsp3) is 0.400. The van der Waals surface area contributed by atoms with E-state index in [-0.39, 0.29) is 17.5 Å². The van der Waals surface area contributed by atoms with Gasteiger partial charge in [0.05, 0.1) is 12.4 Å². The Morgan fingerprint density at radius 2 is 2.11 bits per heavy atom. The summed E-state index contributed by atoms with van der Waals surface area (Å²) in [4.78, 5) is 12.5. The maximum absolute atomic E-state index is 12.7. The van der Waals surface area contributed by atoms with Crippen LogP contribution in [0.3, 0.4) is 0 Å². The van der Waals surface area contributed by atoms with E-state index in [2.05, 4.69) is 12.2 Å². The Hall–Kier alpha value is -1.29. The minimum absolute atomic E-state index is 0.205. The molecule has 0 radical (unpaired) electrons. The van der Waals surface area contributed by atoms with Crippen molar-refractivity contribution in [3.63, 3.8) is 0 Å². The fourth-order valence-electron chi connectivity index (χ4n) is 1.93. The Morgan fingerprint density at radius 3 is 2.79 bits per heavy atom. The fourth-order valence-corrected chi connectivity index (χ4v) is 2.63. The molecule has 0 fully saturated rings. The van der Waals surface area contributed by atoms with Gasteiger partial charge in [-0.15, -0.1) is 11.8 Å². The number of carbonyl (C=O) groups excluding carboxylic acids is 1. The van der Waals surface area contributed by atoms with Crippen LogP contribution in [0.4, 0.5) is 4.39 Å². The summed E-state index contributed by atoms with van der Waals surface area (Å²) in [5.74, 6) is 0.264. The van der Waals surface area contributed by atoms with Gasteiger partial charge in [0, 0.05) is 4.90 Å². The van der Waals surface area contributed by atoms with E-state index in [1.165, 1.54) is 23.9 Å². The molecule has 4 heteroatoms. The zero-order valence-electron chi connectivity index (χ0n) is 10.7. The molecule has 0 saturated carbocycles. The third-order valence-corrected chi connectivity index (χ3v) is 4.01. The molecule has 2 rings (SSSR count). The molecule has 19 heavy (non-hydrogen) atoms. The topological polar surface area (TPSA) is 26.3 Å². The van der Waals surface area contributed by atoms with E-state index in [9.17, 15) is 9.18 Å². The molecule has 1 aliphatic rings. The number of hydrogen-bond acceptors (Lipinski definition) is 3. The first-order valence-electron chi connectivity index (χ1n) is 6.43. The van der Waals surface area contributed by atoms with Gasteiger partial charge in [0.2, 0.25) is 0 Å². The lowest BCUT2D eigenvalue weighted by molar-refractivity contribution is -0.141. The number of esters is 1. The van der Waals surface area contributed by atoms with Gasteiger partial charge in [0.25, 0.3) is 0 Å². The van der Waals surface area contributed by atoms with Crippen LogP contribution in [0.15, 0.2) is 41.3 Å². The first-order chi connectivity index (χ1) is 9.24. The van der Waals surface area contributed by atoms with Crippen molar-refractivity contribution in [1.29, 1.82) is 0 Å². The van der Waals surface area contributed by atoms with Crippen molar-refractivity contribution in [3.8, 4) is 0 Å². The first-order valence-corrected chi connectivity index (χ1v) is 7.41. The van der Waals surface area contributed by atoms with Crippen LogP contribution in [-0.4, -0.2) is 18.3 Å². The van der Waals surface area contributed by atoms with Crippen LogP contribution in [-0.2, 0) is 9.53 Å². The lowest BCUT2D eigenvalue weighted by atomic mass is 9.95. The van der Waals surface area contributed by atoms with E-state index in [0.29, 0.717) is 12.5 Å². The average molecular weight is 280 g/mol. The summed E-state index contributed by atoms with van der Waals surface area (Å²) in [5, 5.41) is 0. The predicted octanol–water partition coefficient (Wildman–Crippen LogP) is 3.82. The minimum Gasteiger partial charge on any atom is -0.465 e. The second kappa shape index (κ2) is 7.34. The zero-order valence-corrected chi connectivity index (χ0v) is 11.5. The summed E-state index contributed by atoms with van der Waals surface area (Å²) in [6.45, 7) is 0.507. The van der Waals surface area contributed by atoms with Crippen LogP contribution in [0.2, 0.25) is 0 Å². The number of benzene rings is 1. The quantitative estimate of drug-likeness (QED) is 0.466. The van der Waals surface area contributed by atoms with Crippen molar-refractivity contribution in [1.82, 2.24) is 0 Å². The van der Waals surface area contributed by atoms with Gasteiger partial charge in [-0.2, -0.15) is 0 Å². The normalized spacial score (nSPS) is 18.3. The van der Waals surface area contributed by atoms with E-state index < -0.39 is 0 Å². The lowest BCUT2D eigenvalue weighted by Crippen LogP contribution is -2.16. The first kappa shape index (κ1) is 14.1. The van der Waals surface area contributed by atoms with Crippen molar-refractivity contribution < 1.29 is 13.9 Å². The monoisotopic (exact) mass is 280 g/mol. The number of rotatable bonds is 5.